The first-order valence-corrected chi connectivity index (χ1v) is 8.62. The summed E-state index contributed by atoms with van der Waals surface area (Å²) in [5, 5.41) is 8.58. The summed E-state index contributed by atoms with van der Waals surface area (Å²) in [4.78, 5) is 13.8. The van der Waals surface area contributed by atoms with Crippen LogP contribution >= 0.6 is 0 Å². The van der Waals surface area contributed by atoms with Crippen molar-refractivity contribution >= 4 is 5.91 Å². The number of hydrogen-bond acceptors (Lipinski definition) is 4. The topological polar surface area (TPSA) is 60.2 Å². The zero-order chi connectivity index (χ0) is 16.4. The Kier molecular flexibility index (Phi) is 4.30. The molecule has 0 radical (unpaired) electrons. The van der Waals surface area contributed by atoms with Gasteiger partial charge in [-0.1, -0.05) is 29.5 Å². The van der Waals surface area contributed by atoms with Crippen molar-refractivity contribution in [1.29, 1.82) is 0 Å². The van der Waals surface area contributed by atoms with Crippen LogP contribution in [0.3, 0.4) is 0 Å². The zero-order valence-corrected chi connectivity index (χ0v) is 13.7. The molecule has 2 aromatic rings. The number of rotatable bonds is 5. The Morgan fingerprint density at radius 3 is 2.75 bits per heavy atom. The van der Waals surface area contributed by atoms with E-state index in [-0.39, 0.29) is 5.91 Å². The molecule has 1 atom stereocenters. The average Bonchev–Trinajstić information content (AvgIpc) is 3.32. The number of nitrogens with zero attached hydrogens (tertiary/aromatic N) is 4. The predicted octanol–water partition coefficient (Wildman–Crippen LogP) is 1.95. The summed E-state index contributed by atoms with van der Waals surface area (Å²) < 4.78 is 7.32. The van der Waals surface area contributed by atoms with E-state index < -0.39 is 0 Å². The van der Waals surface area contributed by atoms with Crippen LogP contribution in [0.25, 0.3) is 0 Å². The van der Waals surface area contributed by atoms with Gasteiger partial charge in [0.2, 0.25) is 5.91 Å². The van der Waals surface area contributed by atoms with E-state index in [9.17, 15) is 4.79 Å². The number of aromatic nitrogens is 3. The summed E-state index contributed by atoms with van der Waals surface area (Å²) in [5.74, 6) is 0.630. The number of carbonyl (C=O) groups excluding carboxylic acids is 1. The molecule has 4 rings (SSSR count). The largest absolute Gasteiger partial charge is 0.381 e. The highest BCUT2D eigenvalue weighted by atomic mass is 16.5. The normalized spacial score (nSPS) is 20.9. The Morgan fingerprint density at radius 1 is 1.21 bits per heavy atom. The van der Waals surface area contributed by atoms with Gasteiger partial charge in [-0.05, 0) is 24.0 Å². The maximum absolute atomic E-state index is 11.9. The van der Waals surface area contributed by atoms with Gasteiger partial charge >= 0.3 is 0 Å². The van der Waals surface area contributed by atoms with Crippen LogP contribution in [-0.4, -0.2) is 45.6 Å². The number of likely N-dealkylation sites (tertiary alicyclic amines) is 1. The van der Waals surface area contributed by atoms with E-state index in [0.717, 1.165) is 38.3 Å². The van der Waals surface area contributed by atoms with Crippen LogP contribution in [-0.2, 0) is 22.6 Å². The molecule has 0 N–H and O–H groups in total. The Bertz CT molecular complexity index is 721. The highest BCUT2D eigenvalue weighted by Gasteiger charge is 2.22. The Hall–Kier alpha value is -2.21. The van der Waals surface area contributed by atoms with Crippen LogP contribution in [0, 0.1) is 0 Å². The molecule has 6 heteroatoms. The van der Waals surface area contributed by atoms with Gasteiger partial charge in [-0.3, -0.25) is 4.79 Å². The molecule has 2 saturated heterocycles. The van der Waals surface area contributed by atoms with Crippen LogP contribution < -0.4 is 0 Å². The molecule has 6 nitrogen and oxygen atoms in total. The van der Waals surface area contributed by atoms with Crippen molar-refractivity contribution < 1.29 is 9.53 Å². The molecule has 0 saturated carbocycles. The van der Waals surface area contributed by atoms with E-state index in [4.69, 9.17) is 4.74 Å². The molecular formula is C18H22N4O2. The van der Waals surface area contributed by atoms with Crippen LogP contribution in [0.15, 0.2) is 30.5 Å². The lowest BCUT2D eigenvalue weighted by Crippen LogP contribution is -2.24. The maximum atomic E-state index is 11.9. The molecule has 2 aliphatic heterocycles. The summed E-state index contributed by atoms with van der Waals surface area (Å²) in [7, 11) is 0. The minimum Gasteiger partial charge on any atom is -0.381 e. The Morgan fingerprint density at radius 2 is 2.04 bits per heavy atom. The molecule has 126 valence electrons. The fourth-order valence-electron chi connectivity index (χ4n) is 3.46. The van der Waals surface area contributed by atoms with Crippen molar-refractivity contribution in [1.82, 2.24) is 19.9 Å². The minimum atomic E-state index is 0.258. The minimum absolute atomic E-state index is 0.258. The Balaban J connectivity index is 1.49. The maximum Gasteiger partial charge on any atom is 0.222 e. The zero-order valence-electron chi connectivity index (χ0n) is 13.7. The van der Waals surface area contributed by atoms with Gasteiger partial charge in [0.15, 0.2) is 0 Å². The van der Waals surface area contributed by atoms with Crippen LogP contribution in [0.2, 0.25) is 0 Å². The molecule has 1 aromatic heterocycles. The SMILES string of the molecule is O=C1CCCN1Cc1ccccc1Cn1cc(C2CCOC2)nn1. The molecule has 2 aliphatic rings. The fraction of sp³-hybridized carbons (Fsp3) is 0.500. The fourth-order valence-corrected chi connectivity index (χ4v) is 3.46. The smallest absolute Gasteiger partial charge is 0.222 e. The molecule has 24 heavy (non-hydrogen) atoms. The van der Waals surface area contributed by atoms with E-state index in [1.54, 1.807) is 0 Å². The van der Waals surface area contributed by atoms with Crippen LogP contribution in [0.4, 0.5) is 0 Å². The number of ether oxygens (including phenoxy) is 1. The van der Waals surface area contributed by atoms with Gasteiger partial charge in [0.1, 0.15) is 0 Å². The lowest BCUT2D eigenvalue weighted by Gasteiger charge is -2.18. The number of benzene rings is 1. The van der Waals surface area contributed by atoms with Crippen molar-refractivity contribution in [2.75, 3.05) is 19.8 Å². The van der Waals surface area contributed by atoms with Crippen molar-refractivity contribution in [2.45, 2.75) is 38.3 Å². The molecule has 3 heterocycles. The molecule has 2 fully saturated rings. The summed E-state index contributed by atoms with van der Waals surface area (Å²) in [5.41, 5.74) is 3.39. The standard InChI is InChI=1S/C18H22N4O2/c23-18-6-3-8-21(18)10-14-4-1-2-5-15(14)11-22-12-17(19-20-22)16-7-9-24-13-16/h1-2,4-5,12,16H,3,6-11,13H2. The van der Waals surface area contributed by atoms with Crippen molar-refractivity contribution in [3.05, 3.63) is 47.3 Å². The summed E-state index contributed by atoms with van der Waals surface area (Å²) in [6.45, 7) is 3.78. The second-order valence-electron chi connectivity index (χ2n) is 6.59. The van der Waals surface area contributed by atoms with Gasteiger partial charge in [0.05, 0.1) is 18.8 Å². The summed E-state index contributed by atoms with van der Waals surface area (Å²) >= 11 is 0. The second-order valence-corrected chi connectivity index (χ2v) is 6.59. The quantitative estimate of drug-likeness (QED) is 0.843. The lowest BCUT2D eigenvalue weighted by atomic mass is 10.1. The summed E-state index contributed by atoms with van der Waals surface area (Å²) in [6.07, 6.45) is 4.69. The van der Waals surface area contributed by atoms with E-state index in [0.29, 0.717) is 25.4 Å². The van der Waals surface area contributed by atoms with E-state index in [1.807, 2.05) is 27.9 Å². The van der Waals surface area contributed by atoms with Gasteiger partial charge in [0, 0.05) is 38.2 Å². The highest BCUT2D eigenvalue weighted by molar-refractivity contribution is 5.78. The van der Waals surface area contributed by atoms with Crippen molar-refractivity contribution in [3.63, 3.8) is 0 Å². The average molecular weight is 326 g/mol. The molecule has 0 spiro atoms. The summed E-state index contributed by atoms with van der Waals surface area (Å²) in [6, 6.07) is 8.27. The van der Waals surface area contributed by atoms with Gasteiger partial charge in [-0.2, -0.15) is 0 Å². The van der Waals surface area contributed by atoms with Gasteiger partial charge < -0.3 is 9.64 Å². The molecule has 1 amide bonds. The first-order chi connectivity index (χ1) is 11.8. The van der Waals surface area contributed by atoms with E-state index >= 15 is 0 Å². The number of amides is 1. The third-order valence-corrected chi connectivity index (χ3v) is 4.89. The van der Waals surface area contributed by atoms with Crippen molar-refractivity contribution in [2.24, 2.45) is 0 Å². The van der Waals surface area contributed by atoms with Crippen LogP contribution in [0.5, 0.6) is 0 Å². The van der Waals surface area contributed by atoms with Gasteiger partial charge in [-0.25, -0.2) is 4.68 Å². The lowest BCUT2D eigenvalue weighted by molar-refractivity contribution is -0.128. The third-order valence-electron chi connectivity index (χ3n) is 4.89. The first-order valence-electron chi connectivity index (χ1n) is 8.62. The van der Waals surface area contributed by atoms with Crippen molar-refractivity contribution in [3.8, 4) is 0 Å². The number of hydrogen-bond donors (Lipinski definition) is 0. The van der Waals surface area contributed by atoms with Gasteiger partial charge in [-0.15, -0.1) is 5.10 Å². The number of carbonyl (C=O) groups is 1. The molecule has 0 bridgehead atoms. The molecule has 1 unspecified atom stereocenters. The van der Waals surface area contributed by atoms with E-state index in [2.05, 4.69) is 22.4 Å². The Labute approximate surface area is 141 Å². The second kappa shape index (κ2) is 6.73. The van der Waals surface area contributed by atoms with E-state index in [1.165, 1.54) is 11.1 Å². The molecule has 0 aliphatic carbocycles. The molecule has 1 aromatic carbocycles. The predicted molar refractivity (Wildman–Crippen MR) is 88.4 cm³/mol. The van der Waals surface area contributed by atoms with Gasteiger partial charge in [0.25, 0.3) is 0 Å². The third kappa shape index (κ3) is 3.19. The highest BCUT2D eigenvalue weighted by Crippen LogP contribution is 2.23. The monoisotopic (exact) mass is 326 g/mol. The van der Waals surface area contributed by atoms with Crippen LogP contribution in [0.1, 0.15) is 42.0 Å². The molecular weight excluding hydrogens is 304 g/mol. The first kappa shape index (κ1) is 15.3.